The molecule has 0 radical (unpaired) electrons. The van der Waals surface area contributed by atoms with Crippen molar-refractivity contribution >= 4 is 34.0 Å². The van der Waals surface area contributed by atoms with Gasteiger partial charge in [-0.3, -0.25) is 9.69 Å². The normalized spacial score (nSPS) is 16.9. The SMILES string of the molecule is COc1cc2c(cc1OC)N(C(=O)O)C(C)C(=CNc1cccc3ccccc13)C2=O. The smallest absolute Gasteiger partial charge is 0.412 e. The van der Waals surface area contributed by atoms with Crippen molar-refractivity contribution in [2.24, 2.45) is 0 Å². The van der Waals surface area contributed by atoms with Gasteiger partial charge in [-0.25, -0.2) is 4.79 Å². The highest BCUT2D eigenvalue weighted by Gasteiger charge is 2.38. The van der Waals surface area contributed by atoms with Crippen LogP contribution in [0.1, 0.15) is 17.3 Å². The molecular formula is C24H22N2O5. The van der Waals surface area contributed by atoms with Gasteiger partial charge in [-0.1, -0.05) is 36.4 Å². The lowest BCUT2D eigenvalue weighted by molar-refractivity contribution is 0.102. The summed E-state index contributed by atoms with van der Waals surface area (Å²) in [6, 6.07) is 16.1. The van der Waals surface area contributed by atoms with E-state index < -0.39 is 12.1 Å². The van der Waals surface area contributed by atoms with Crippen LogP contribution in [0.25, 0.3) is 10.8 Å². The lowest BCUT2D eigenvalue weighted by Gasteiger charge is -2.34. The number of rotatable bonds is 4. The summed E-state index contributed by atoms with van der Waals surface area (Å²) in [6.07, 6.45) is 0.425. The quantitative estimate of drug-likeness (QED) is 0.585. The number of ketones is 1. The zero-order valence-electron chi connectivity index (χ0n) is 17.4. The van der Waals surface area contributed by atoms with Gasteiger partial charge in [-0.05, 0) is 24.4 Å². The molecule has 0 spiro atoms. The molecule has 0 aromatic heterocycles. The number of nitrogens with one attached hydrogen (secondary N) is 1. The van der Waals surface area contributed by atoms with Crippen LogP contribution in [-0.2, 0) is 0 Å². The molecule has 0 fully saturated rings. The highest BCUT2D eigenvalue weighted by atomic mass is 16.5. The third-order valence-corrected chi connectivity index (χ3v) is 5.48. The second-order valence-electron chi connectivity index (χ2n) is 7.15. The summed E-state index contributed by atoms with van der Waals surface area (Å²) in [5.74, 6) is 0.443. The van der Waals surface area contributed by atoms with Gasteiger partial charge in [0.25, 0.3) is 0 Å². The minimum atomic E-state index is -1.16. The predicted molar refractivity (Wildman–Crippen MR) is 119 cm³/mol. The van der Waals surface area contributed by atoms with Gasteiger partial charge in [0.15, 0.2) is 17.3 Å². The minimum Gasteiger partial charge on any atom is -0.493 e. The lowest BCUT2D eigenvalue weighted by atomic mass is 9.90. The molecule has 0 bridgehead atoms. The van der Waals surface area contributed by atoms with E-state index in [4.69, 9.17) is 9.47 Å². The number of carbonyl (C=O) groups is 2. The monoisotopic (exact) mass is 418 g/mol. The Labute approximate surface area is 179 Å². The number of ether oxygens (including phenoxy) is 2. The first-order valence-corrected chi connectivity index (χ1v) is 9.73. The fraction of sp³-hybridized carbons (Fsp3) is 0.167. The molecule has 3 aromatic carbocycles. The molecule has 7 nitrogen and oxygen atoms in total. The van der Waals surface area contributed by atoms with Crippen molar-refractivity contribution in [2.45, 2.75) is 13.0 Å². The summed E-state index contributed by atoms with van der Waals surface area (Å²) in [5, 5.41) is 15.1. The van der Waals surface area contributed by atoms with E-state index in [2.05, 4.69) is 5.32 Å². The maximum absolute atomic E-state index is 13.3. The standard InChI is InChI=1S/C24H22N2O5/c1-14-18(13-25-19-10-6-8-15-7-4-5-9-16(15)19)23(27)17-11-21(30-2)22(31-3)12-20(17)26(14)24(28)29/h4-14,25H,1-3H3,(H,28,29). The summed E-state index contributed by atoms with van der Waals surface area (Å²) in [5.41, 5.74) is 1.66. The predicted octanol–water partition coefficient (Wildman–Crippen LogP) is 4.92. The van der Waals surface area contributed by atoms with Crippen LogP contribution in [0.4, 0.5) is 16.2 Å². The van der Waals surface area contributed by atoms with Crippen molar-refractivity contribution in [3.05, 3.63) is 71.9 Å². The number of fused-ring (bicyclic) bond motifs is 2. The van der Waals surface area contributed by atoms with E-state index in [0.717, 1.165) is 21.4 Å². The Kier molecular flexibility index (Phi) is 5.25. The summed E-state index contributed by atoms with van der Waals surface area (Å²) in [4.78, 5) is 26.6. The third-order valence-electron chi connectivity index (χ3n) is 5.48. The number of carbonyl (C=O) groups excluding carboxylic acids is 1. The molecule has 4 rings (SSSR count). The number of Topliss-reactive ketones (excluding diaryl/α,β-unsaturated/α-hetero) is 1. The number of hydrogen-bond donors (Lipinski definition) is 2. The Hall–Kier alpha value is -4.00. The molecule has 1 atom stereocenters. The largest absolute Gasteiger partial charge is 0.493 e. The van der Waals surface area contributed by atoms with Crippen LogP contribution < -0.4 is 19.7 Å². The van der Waals surface area contributed by atoms with Gasteiger partial charge >= 0.3 is 6.09 Å². The number of nitrogens with zero attached hydrogens (tertiary/aromatic N) is 1. The van der Waals surface area contributed by atoms with Crippen LogP contribution in [0, 0.1) is 0 Å². The molecule has 3 aromatic rings. The number of methoxy groups -OCH3 is 2. The van der Waals surface area contributed by atoms with E-state index in [1.165, 1.54) is 26.4 Å². The molecule has 0 aliphatic carbocycles. The topological polar surface area (TPSA) is 88.1 Å². The van der Waals surface area contributed by atoms with Gasteiger partial charge in [0, 0.05) is 28.9 Å². The molecule has 31 heavy (non-hydrogen) atoms. The van der Waals surface area contributed by atoms with Gasteiger partial charge in [0.2, 0.25) is 0 Å². The second-order valence-corrected chi connectivity index (χ2v) is 7.15. The molecule has 1 unspecified atom stereocenters. The number of hydrogen-bond acceptors (Lipinski definition) is 5. The molecule has 158 valence electrons. The summed E-state index contributed by atoms with van der Waals surface area (Å²) < 4.78 is 10.6. The maximum Gasteiger partial charge on any atom is 0.412 e. The number of anilines is 2. The molecule has 1 heterocycles. The van der Waals surface area contributed by atoms with Crippen LogP contribution in [0.2, 0.25) is 0 Å². The first-order chi connectivity index (χ1) is 15.0. The summed E-state index contributed by atoms with van der Waals surface area (Å²) in [6.45, 7) is 1.68. The van der Waals surface area contributed by atoms with Crippen LogP contribution in [-0.4, -0.2) is 37.2 Å². The second kappa shape index (κ2) is 8.02. The van der Waals surface area contributed by atoms with Gasteiger partial charge in [-0.2, -0.15) is 0 Å². The highest BCUT2D eigenvalue weighted by molar-refractivity contribution is 6.18. The van der Waals surface area contributed by atoms with Crippen LogP contribution >= 0.6 is 0 Å². The van der Waals surface area contributed by atoms with Gasteiger partial charge in [0.1, 0.15) is 0 Å². The van der Waals surface area contributed by atoms with Crippen molar-refractivity contribution in [1.82, 2.24) is 0 Å². The van der Waals surface area contributed by atoms with Gasteiger partial charge < -0.3 is 19.9 Å². The first kappa shape index (κ1) is 20.3. The van der Waals surface area contributed by atoms with E-state index in [0.29, 0.717) is 17.1 Å². The van der Waals surface area contributed by atoms with Crippen molar-refractivity contribution < 1.29 is 24.2 Å². The minimum absolute atomic E-state index is 0.240. The Balaban J connectivity index is 1.80. The molecule has 2 N–H and O–H groups in total. The van der Waals surface area contributed by atoms with E-state index in [1.54, 1.807) is 13.1 Å². The van der Waals surface area contributed by atoms with Crippen molar-refractivity contribution in [3.8, 4) is 11.5 Å². The average molecular weight is 418 g/mol. The Morgan fingerprint density at radius 2 is 1.74 bits per heavy atom. The molecule has 1 amide bonds. The van der Waals surface area contributed by atoms with Crippen LogP contribution in [0.5, 0.6) is 11.5 Å². The number of amides is 1. The Bertz CT molecular complexity index is 1210. The summed E-state index contributed by atoms with van der Waals surface area (Å²) in [7, 11) is 2.93. The summed E-state index contributed by atoms with van der Waals surface area (Å²) >= 11 is 0. The lowest BCUT2D eigenvalue weighted by Crippen LogP contribution is -2.45. The Morgan fingerprint density at radius 3 is 2.45 bits per heavy atom. The van der Waals surface area contributed by atoms with Crippen LogP contribution in [0.3, 0.4) is 0 Å². The number of carboxylic acid groups (broad SMARTS) is 1. The van der Waals surface area contributed by atoms with Crippen molar-refractivity contribution in [2.75, 3.05) is 24.4 Å². The van der Waals surface area contributed by atoms with E-state index in [1.807, 2.05) is 42.5 Å². The van der Waals surface area contributed by atoms with E-state index in [9.17, 15) is 14.7 Å². The molecule has 0 saturated heterocycles. The zero-order chi connectivity index (χ0) is 22.1. The average Bonchev–Trinajstić information content (AvgIpc) is 2.78. The Morgan fingerprint density at radius 1 is 1.06 bits per heavy atom. The fourth-order valence-corrected chi connectivity index (χ4v) is 3.90. The van der Waals surface area contributed by atoms with Gasteiger partial charge in [-0.15, -0.1) is 0 Å². The van der Waals surface area contributed by atoms with Crippen molar-refractivity contribution in [1.29, 1.82) is 0 Å². The first-order valence-electron chi connectivity index (χ1n) is 9.73. The molecular weight excluding hydrogens is 396 g/mol. The van der Waals surface area contributed by atoms with Crippen LogP contribution in [0.15, 0.2) is 66.4 Å². The van der Waals surface area contributed by atoms with E-state index in [-0.39, 0.29) is 17.0 Å². The molecule has 1 aliphatic rings. The number of benzene rings is 3. The molecule has 0 saturated carbocycles. The third kappa shape index (κ3) is 3.44. The van der Waals surface area contributed by atoms with E-state index >= 15 is 0 Å². The highest BCUT2D eigenvalue weighted by Crippen LogP contribution is 2.41. The maximum atomic E-state index is 13.3. The fourth-order valence-electron chi connectivity index (χ4n) is 3.90. The molecule has 1 aliphatic heterocycles. The molecule has 7 heteroatoms. The van der Waals surface area contributed by atoms with Crippen molar-refractivity contribution in [3.63, 3.8) is 0 Å². The van der Waals surface area contributed by atoms with Gasteiger partial charge in [0.05, 0.1) is 31.5 Å². The zero-order valence-corrected chi connectivity index (χ0v) is 17.4.